The molecule has 1 saturated carbocycles. The number of aromatic nitrogens is 1. The Bertz CT molecular complexity index is 774. The molecule has 1 atom stereocenters. The number of carbonyl (C=O) groups excluding carboxylic acids is 1. The summed E-state index contributed by atoms with van der Waals surface area (Å²) in [6.07, 6.45) is 6.49. The Kier molecular flexibility index (Phi) is 3.26. The van der Waals surface area contributed by atoms with E-state index in [0.717, 1.165) is 17.8 Å². The molecule has 4 aliphatic rings. The van der Waals surface area contributed by atoms with Crippen molar-refractivity contribution in [1.29, 1.82) is 0 Å². The summed E-state index contributed by atoms with van der Waals surface area (Å²) >= 11 is 0. The van der Waals surface area contributed by atoms with E-state index in [1.165, 1.54) is 38.8 Å². The number of furan rings is 1. The zero-order valence-electron chi connectivity index (χ0n) is 13.6. The van der Waals surface area contributed by atoms with E-state index >= 15 is 0 Å². The lowest BCUT2D eigenvalue weighted by Gasteiger charge is -2.44. The number of rotatable bonds is 4. The first-order valence-electron chi connectivity index (χ1n) is 8.94. The Morgan fingerprint density at radius 3 is 2.75 bits per heavy atom. The molecule has 5 heterocycles. The van der Waals surface area contributed by atoms with Crippen molar-refractivity contribution in [1.82, 2.24) is 15.2 Å². The number of nitrogens with one attached hydrogen (secondary N) is 2. The van der Waals surface area contributed by atoms with Crippen LogP contribution in [0.4, 0.5) is 5.88 Å². The maximum atomic E-state index is 12.6. The maximum absolute atomic E-state index is 12.6. The van der Waals surface area contributed by atoms with Gasteiger partial charge in [-0.15, -0.1) is 0 Å². The van der Waals surface area contributed by atoms with Gasteiger partial charge in [0, 0.05) is 42.3 Å². The number of amides is 1. The first-order chi connectivity index (χ1) is 11.7. The third kappa shape index (κ3) is 2.65. The van der Waals surface area contributed by atoms with Crippen molar-refractivity contribution in [3.63, 3.8) is 0 Å². The summed E-state index contributed by atoms with van der Waals surface area (Å²) in [5.74, 6) is 1.29. The molecule has 6 nitrogen and oxygen atoms in total. The summed E-state index contributed by atoms with van der Waals surface area (Å²) in [4.78, 5) is 19.3. The molecule has 3 aliphatic heterocycles. The van der Waals surface area contributed by atoms with Crippen LogP contribution in [0.2, 0.25) is 0 Å². The van der Waals surface area contributed by atoms with Crippen molar-refractivity contribution in [2.45, 2.75) is 37.8 Å². The number of anilines is 1. The van der Waals surface area contributed by atoms with Gasteiger partial charge in [0.15, 0.2) is 5.88 Å². The minimum atomic E-state index is -0.0937. The van der Waals surface area contributed by atoms with Gasteiger partial charge in [0.05, 0.1) is 0 Å². The number of hydrogen-bond donors (Lipinski definition) is 2. The highest BCUT2D eigenvalue weighted by atomic mass is 16.3. The van der Waals surface area contributed by atoms with E-state index in [-0.39, 0.29) is 11.9 Å². The van der Waals surface area contributed by atoms with Gasteiger partial charge in [-0.2, -0.15) is 0 Å². The molecule has 6 heteroatoms. The predicted octanol–water partition coefficient (Wildman–Crippen LogP) is 2.23. The van der Waals surface area contributed by atoms with Crippen LogP contribution in [0, 0.1) is 5.92 Å². The standard InChI is InChI=1S/C18H22N4O2/c23-18(21-15-10-22-5-3-11(15)4-6-22)14-8-16-12(9-19-14)7-17(24-16)20-13-1-2-13/h7-9,11,13,15,20H,1-6,10H2,(H,21,23)/t15-/m0/s1. The van der Waals surface area contributed by atoms with Gasteiger partial charge < -0.3 is 20.0 Å². The smallest absolute Gasteiger partial charge is 0.270 e. The van der Waals surface area contributed by atoms with Crippen LogP contribution in [-0.4, -0.2) is 47.5 Å². The second-order valence-electron chi connectivity index (χ2n) is 7.35. The number of pyridine rings is 1. The quantitative estimate of drug-likeness (QED) is 0.901. The zero-order valence-corrected chi connectivity index (χ0v) is 13.6. The lowest BCUT2D eigenvalue weighted by molar-refractivity contribution is 0.0618. The molecule has 0 unspecified atom stereocenters. The molecule has 3 saturated heterocycles. The molecule has 126 valence electrons. The van der Waals surface area contributed by atoms with Gasteiger partial charge in [-0.25, -0.2) is 0 Å². The van der Waals surface area contributed by atoms with E-state index < -0.39 is 0 Å². The Hall–Kier alpha value is -2.08. The summed E-state index contributed by atoms with van der Waals surface area (Å²) in [5, 5.41) is 7.45. The van der Waals surface area contributed by atoms with Gasteiger partial charge in [-0.05, 0) is 44.7 Å². The summed E-state index contributed by atoms with van der Waals surface area (Å²) in [7, 11) is 0. The monoisotopic (exact) mass is 326 g/mol. The van der Waals surface area contributed by atoms with Crippen LogP contribution in [0.3, 0.4) is 0 Å². The zero-order chi connectivity index (χ0) is 16.1. The van der Waals surface area contributed by atoms with E-state index in [4.69, 9.17) is 4.42 Å². The van der Waals surface area contributed by atoms with E-state index in [2.05, 4.69) is 20.5 Å². The number of carbonyl (C=O) groups is 1. The molecule has 2 bridgehead atoms. The van der Waals surface area contributed by atoms with Gasteiger partial charge in [0.1, 0.15) is 11.3 Å². The van der Waals surface area contributed by atoms with E-state index in [1.54, 1.807) is 12.3 Å². The topological polar surface area (TPSA) is 70.4 Å². The van der Waals surface area contributed by atoms with Crippen molar-refractivity contribution in [2.24, 2.45) is 5.92 Å². The minimum Gasteiger partial charge on any atom is -0.441 e. The summed E-state index contributed by atoms with van der Waals surface area (Å²) in [5.41, 5.74) is 1.15. The van der Waals surface area contributed by atoms with Crippen LogP contribution in [0.25, 0.3) is 11.0 Å². The first kappa shape index (κ1) is 14.3. The van der Waals surface area contributed by atoms with E-state index in [9.17, 15) is 4.79 Å². The fraction of sp³-hybridized carbons (Fsp3) is 0.556. The lowest BCUT2D eigenvalue weighted by atomic mass is 9.84. The molecule has 1 amide bonds. The summed E-state index contributed by atoms with van der Waals surface area (Å²) in [6, 6.07) is 4.50. The van der Waals surface area contributed by atoms with Gasteiger partial charge in [-0.1, -0.05) is 0 Å². The van der Waals surface area contributed by atoms with E-state index in [0.29, 0.717) is 23.2 Å². The maximum Gasteiger partial charge on any atom is 0.270 e. The molecular formula is C18H22N4O2. The number of hydrogen-bond acceptors (Lipinski definition) is 5. The normalized spacial score (nSPS) is 28.9. The molecular weight excluding hydrogens is 304 g/mol. The molecule has 2 aromatic rings. The Morgan fingerprint density at radius 2 is 2.04 bits per heavy atom. The summed E-state index contributed by atoms with van der Waals surface area (Å²) in [6.45, 7) is 3.31. The average molecular weight is 326 g/mol. The molecule has 0 spiro atoms. The number of fused-ring (bicyclic) bond motifs is 4. The third-order valence-corrected chi connectivity index (χ3v) is 5.53. The highest BCUT2D eigenvalue weighted by Gasteiger charge is 2.35. The summed E-state index contributed by atoms with van der Waals surface area (Å²) < 4.78 is 5.81. The molecule has 0 aromatic carbocycles. The van der Waals surface area contributed by atoms with Crippen LogP contribution < -0.4 is 10.6 Å². The molecule has 0 radical (unpaired) electrons. The molecule has 4 fully saturated rings. The number of piperidine rings is 3. The molecule has 6 rings (SSSR count). The second-order valence-corrected chi connectivity index (χ2v) is 7.35. The van der Waals surface area contributed by atoms with Crippen LogP contribution in [0.1, 0.15) is 36.2 Å². The number of nitrogens with zero attached hydrogens (tertiary/aromatic N) is 2. The van der Waals surface area contributed by atoms with Crippen molar-refractivity contribution >= 4 is 22.8 Å². The predicted molar refractivity (Wildman–Crippen MR) is 91.1 cm³/mol. The van der Waals surface area contributed by atoms with Crippen LogP contribution >= 0.6 is 0 Å². The van der Waals surface area contributed by atoms with Gasteiger partial charge >= 0.3 is 0 Å². The highest BCUT2D eigenvalue weighted by Crippen LogP contribution is 2.30. The van der Waals surface area contributed by atoms with Crippen molar-refractivity contribution in [2.75, 3.05) is 25.0 Å². The van der Waals surface area contributed by atoms with Gasteiger partial charge in [0.2, 0.25) is 0 Å². The van der Waals surface area contributed by atoms with Gasteiger partial charge in [-0.3, -0.25) is 9.78 Å². The van der Waals surface area contributed by atoms with E-state index in [1.807, 2.05) is 6.07 Å². The fourth-order valence-corrected chi connectivity index (χ4v) is 3.93. The molecule has 1 aliphatic carbocycles. The van der Waals surface area contributed by atoms with Crippen LogP contribution in [-0.2, 0) is 0 Å². The molecule has 2 aromatic heterocycles. The van der Waals surface area contributed by atoms with Crippen molar-refractivity contribution in [3.05, 3.63) is 24.0 Å². The SMILES string of the molecule is O=C(N[C@H]1CN2CCC1CC2)c1cc2oc(NC3CC3)cc2cn1. The Balaban J connectivity index is 1.32. The van der Waals surface area contributed by atoms with Crippen molar-refractivity contribution < 1.29 is 9.21 Å². The lowest BCUT2D eigenvalue weighted by Crippen LogP contribution is -2.57. The third-order valence-electron chi connectivity index (χ3n) is 5.53. The average Bonchev–Trinajstić information content (AvgIpc) is 3.32. The fourth-order valence-electron chi connectivity index (χ4n) is 3.93. The first-order valence-corrected chi connectivity index (χ1v) is 8.94. The Morgan fingerprint density at radius 1 is 1.21 bits per heavy atom. The van der Waals surface area contributed by atoms with Crippen LogP contribution in [0.5, 0.6) is 0 Å². The molecule has 24 heavy (non-hydrogen) atoms. The minimum absolute atomic E-state index is 0.0937. The second kappa shape index (κ2) is 5.48. The highest BCUT2D eigenvalue weighted by molar-refractivity contribution is 5.95. The van der Waals surface area contributed by atoms with Crippen LogP contribution in [0.15, 0.2) is 22.7 Å². The van der Waals surface area contributed by atoms with Gasteiger partial charge in [0.25, 0.3) is 5.91 Å². The Labute approximate surface area is 140 Å². The largest absolute Gasteiger partial charge is 0.441 e. The molecule has 2 N–H and O–H groups in total. The van der Waals surface area contributed by atoms with Crippen molar-refractivity contribution in [3.8, 4) is 0 Å².